The molecule has 0 aliphatic heterocycles. The minimum Gasteiger partial charge on any atom is -0.392 e. The molecule has 0 fully saturated rings. The van der Waals surface area contributed by atoms with Crippen molar-refractivity contribution in [3.63, 3.8) is 0 Å². The van der Waals surface area contributed by atoms with Crippen molar-refractivity contribution in [2.45, 2.75) is 20.0 Å². The Morgan fingerprint density at radius 1 is 1.30 bits per heavy atom. The third kappa shape index (κ3) is 6.56. The molecule has 0 heterocycles. The fraction of sp³-hybridized carbons (Fsp3) is 1.00. The van der Waals surface area contributed by atoms with Gasteiger partial charge in [-0.15, -0.1) is 0 Å². The topological polar surface area (TPSA) is 23.5 Å². The number of hydrogen-bond donors (Lipinski definition) is 1. The number of hydrogen-bond acceptors (Lipinski definition) is 2. The summed E-state index contributed by atoms with van der Waals surface area (Å²) >= 11 is 0. The predicted octanol–water partition coefficient (Wildman–Crippen LogP) is 0.562. The van der Waals surface area contributed by atoms with Gasteiger partial charge in [-0.1, -0.05) is 13.8 Å². The summed E-state index contributed by atoms with van der Waals surface area (Å²) in [6, 6.07) is 0. The van der Waals surface area contributed by atoms with Crippen molar-refractivity contribution in [3.05, 3.63) is 0 Å². The molecule has 0 radical (unpaired) electrons. The van der Waals surface area contributed by atoms with Crippen LogP contribution < -0.4 is 0 Å². The van der Waals surface area contributed by atoms with Crippen LogP contribution in [-0.2, 0) is 17.1 Å². The van der Waals surface area contributed by atoms with Gasteiger partial charge in [0.25, 0.3) is 0 Å². The van der Waals surface area contributed by atoms with Crippen molar-refractivity contribution < 1.29 is 22.2 Å². The Balaban J connectivity index is 0. The molecule has 0 aliphatic rings. The fourth-order valence-electron chi connectivity index (χ4n) is 0.585. The van der Waals surface area contributed by atoms with E-state index < -0.39 is 0 Å². The second kappa shape index (κ2) is 6.17. The van der Waals surface area contributed by atoms with Crippen molar-refractivity contribution in [1.82, 2.24) is 4.90 Å². The molecule has 1 atom stereocenters. The Labute approximate surface area is 74.1 Å². The van der Waals surface area contributed by atoms with Crippen LogP contribution in [-0.4, -0.2) is 36.8 Å². The largest absolute Gasteiger partial charge is 0.392 e. The third-order valence-electron chi connectivity index (χ3n) is 1.32. The van der Waals surface area contributed by atoms with Gasteiger partial charge in [-0.05, 0) is 20.0 Å². The molecule has 0 aromatic heterocycles. The third-order valence-corrected chi connectivity index (χ3v) is 1.32. The summed E-state index contributed by atoms with van der Waals surface area (Å²) < 4.78 is 0. The number of nitrogens with zero attached hydrogens (tertiary/aromatic N) is 1. The zero-order valence-corrected chi connectivity index (χ0v) is 8.21. The molecule has 0 aliphatic carbocycles. The molecule has 0 rings (SSSR count). The maximum Gasteiger partial charge on any atom is 0.0689 e. The molecule has 1 N–H and O–H groups in total. The first-order valence-electron chi connectivity index (χ1n) is 3.37. The average Bonchev–Trinajstić information content (AvgIpc) is 1.63. The second-order valence-electron chi connectivity index (χ2n) is 3.07. The first kappa shape index (κ1) is 13.1. The van der Waals surface area contributed by atoms with Crippen LogP contribution in [0.2, 0.25) is 0 Å². The molecule has 0 amide bonds. The zero-order chi connectivity index (χ0) is 7.44. The van der Waals surface area contributed by atoms with Crippen LogP contribution in [0.25, 0.3) is 0 Å². The normalized spacial score (nSPS) is 13.5. The first-order chi connectivity index (χ1) is 4.04. The Bertz CT molecular complexity index is 76.0. The van der Waals surface area contributed by atoms with Gasteiger partial charge in [-0.25, -0.2) is 0 Å². The van der Waals surface area contributed by atoms with Gasteiger partial charge in [0.05, 0.1) is 6.10 Å². The van der Waals surface area contributed by atoms with Crippen molar-refractivity contribution in [2.75, 3.05) is 20.6 Å². The van der Waals surface area contributed by atoms with E-state index in [1.165, 1.54) is 0 Å². The molecule has 10 heavy (non-hydrogen) atoms. The Morgan fingerprint density at radius 3 is 1.80 bits per heavy atom. The van der Waals surface area contributed by atoms with Gasteiger partial charge in [-0.2, -0.15) is 0 Å². The number of rotatable bonds is 3. The molecular weight excluding hydrogens is 170 g/mol. The van der Waals surface area contributed by atoms with Crippen LogP contribution in [0.3, 0.4) is 0 Å². The van der Waals surface area contributed by atoms with Gasteiger partial charge in [0, 0.05) is 23.6 Å². The Hall–Kier alpha value is 0.439. The first-order valence-corrected chi connectivity index (χ1v) is 3.37. The molecule has 2 nitrogen and oxygen atoms in total. The van der Waals surface area contributed by atoms with E-state index >= 15 is 0 Å². The van der Waals surface area contributed by atoms with Crippen LogP contribution in [0, 0.1) is 5.92 Å². The van der Waals surface area contributed by atoms with E-state index in [0.717, 1.165) is 6.54 Å². The maximum absolute atomic E-state index is 9.26. The minimum absolute atomic E-state index is 0. The van der Waals surface area contributed by atoms with E-state index in [9.17, 15) is 5.11 Å². The van der Waals surface area contributed by atoms with Gasteiger partial charge >= 0.3 is 0 Å². The summed E-state index contributed by atoms with van der Waals surface area (Å²) in [6.45, 7) is 4.81. The van der Waals surface area contributed by atoms with Crippen LogP contribution in [0.15, 0.2) is 0 Å². The zero-order valence-electron chi connectivity index (χ0n) is 7.11. The quantitative estimate of drug-likeness (QED) is 0.652. The Kier molecular flexibility index (Phi) is 8.06. The molecule has 0 aromatic carbocycles. The van der Waals surface area contributed by atoms with Gasteiger partial charge in [0.2, 0.25) is 0 Å². The van der Waals surface area contributed by atoms with E-state index in [4.69, 9.17) is 0 Å². The molecule has 0 saturated heterocycles. The molecule has 0 bridgehead atoms. The van der Waals surface area contributed by atoms with E-state index in [0.29, 0.717) is 5.92 Å². The van der Waals surface area contributed by atoms with Gasteiger partial charge < -0.3 is 10.0 Å². The van der Waals surface area contributed by atoms with Crippen molar-refractivity contribution in [3.8, 4) is 0 Å². The molecule has 1 unspecified atom stereocenters. The smallest absolute Gasteiger partial charge is 0.0689 e. The summed E-state index contributed by atoms with van der Waals surface area (Å²) in [6.07, 6.45) is -0.181. The van der Waals surface area contributed by atoms with Crippen molar-refractivity contribution in [1.29, 1.82) is 0 Å². The van der Waals surface area contributed by atoms with E-state index in [-0.39, 0.29) is 23.2 Å². The van der Waals surface area contributed by atoms with E-state index in [1.807, 2.05) is 32.8 Å². The van der Waals surface area contributed by atoms with Crippen LogP contribution in [0.4, 0.5) is 0 Å². The fourth-order valence-corrected chi connectivity index (χ4v) is 0.585. The van der Waals surface area contributed by atoms with Crippen LogP contribution >= 0.6 is 0 Å². The summed E-state index contributed by atoms with van der Waals surface area (Å²) in [4.78, 5) is 1.99. The minimum atomic E-state index is -0.181. The van der Waals surface area contributed by atoms with Gasteiger partial charge in [-0.3, -0.25) is 0 Å². The summed E-state index contributed by atoms with van der Waals surface area (Å²) in [5.74, 6) is 0.368. The molecular formula is C7H17FeNO. The maximum atomic E-state index is 9.26. The monoisotopic (exact) mass is 187 g/mol. The number of likely N-dealkylation sites (N-methyl/N-ethyl adjacent to an activating group) is 1. The summed E-state index contributed by atoms with van der Waals surface area (Å²) in [5.41, 5.74) is 0. The molecule has 0 saturated carbocycles. The van der Waals surface area contributed by atoms with E-state index in [1.54, 1.807) is 0 Å². The van der Waals surface area contributed by atoms with Crippen LogP contribution in [0.5, 0.6) is 0 Å². The molecule has 64 valence electrons. The van der Waals surface area contributed by atoms with E-state index in [2.05, 4.69) is 0 Å². The molecule has 3 heteroatoms. The standard InChI is InChI=1S/C7H17NO.Fe/c1-6(2)7(9)5-8(3)4;/h6-7,9H,5H2,1-4H3;. The summed E-state index contributed by atoms with van der Waals surface area (Å²) in [5, 5.41) is 9.26. The van der Waals surface area contributed by atoms with Crippen molar-refractivity contribution >= 4 is 0 Å². The van der Waals surface area contributed by atoms with Gasteiger partial charge in [0.1, 0.15) is 0 Å². The molecule has 0 spiro atoms. The summed E-state index contributed by atoms with van der Waals surface area (Å²) in [7, 11) is 3.93. The number of aliphatic hydroxyl groups is 1. The second-order valence-corrected chi connectivity index (χ2v) is 3.07. The van der Waals surface area contributed by atoms with Crippen LogP contribution in [0.1, 0.15) is 13.8 Å². The average molecular weight is 187 g/mol. The molecule has 0 aromatic rings. The predicted molar refractivity (Wildman–Crippen MR) is 39.4 cm³/mol. The Morgan fingerprint density at radius 2 is 1.70 bits per heavy atom. The number of aliphatic hydroxyl groups excluding tert-OH is 1. The van der Waals surface area contributed by atoms with Crippen molar-refractivity contribution in [2.24, 2.45) is 5.92 Å². The van der Waals surface area contributed by atoms with Gasteiger partial charge in [0.15, 0.2) is 0 Å². The SMILES string of the molecule is CC(C)C(O)CN(C)C.[Fe].